The zero-order valence-electron chi connectivity index (χ0n) is 25.6. The van der Waals surface area contributed by atoms with Crippen LogP contribution in [0.25, 0.3) is 0 Å². The average Bonchev–Trinajstić information content (AvgIpc) is 3.48. The Morgan fingerprint density at radius 3 is 2.56 bits per heavy atom. The number of aromatic nitrogens is 2. The highest BCUT2D eigenvalue weighted by atomic mass is 35.5. The molecule has 4 rings (SSSR count). The number of rotatable bonds is 13. The van der Waals surface area contributed by atoms with E-state index in [1.807, 2.05) is 58.0 Å². The van der Waals surface area contributed by atoms with Crippen LogP contribution < -0.4 is 15.8 Å². The van der Waals surface area contributed by atoms with Gasteiger partial charge in [-0.2, -0.15) is 5.26 Å². The molecule has 9 nitrogen and oxygen atoms in total. The normalized spacial score (nSPS) is 12.7. The van der Waals surface area contributed by atoms with E-state index in [0.29, 0.717) is 46.7 Å². The first-order valence-corrected chi connectivity index (χ1v) is 15.4. The second kappa shape index (κ2) is 16.0. The zero-order valence-corrected chi connectivity index (χ0v) is 27.1. The number of nitriles is 1. The van der Waals surface area contributed by atoms with E-state index in [1.54, 1.807) is 37.8 Å². The average molecular weight is 647 g/mol. The Morgan fingerprint density at radius 1 is 1.16 bits per heavy atom. The molecule has 3 N–H and O–H groups in total. The largest absolute Gasteiger partial charge is 0.497 e. The Bertz CT molecular complexity index is 1650. The smallest absolute Gasteiger partial charge is 0.226 e. The summed E-state index contributed by atoms with van der Waals surface area (Å²) in [5.41, 5.74) is 10.5. The predicted molar refractivity (Wildman–Crippen MR) is 179 cm³/mol. The quantitative estimate of drug-likeness (QED) is 0.129. The molecule has 2 atom stereocenters. The van der Waals surface area contributed by atoms with E-state index in [9.17, 15) is 4.79 Å². The highest BCUT2D eigenvalue weighted by molar-refractivity contribution is 6.42. The van der Waals surface area contributed by atoms with Gasteiger partial charge in [-0.25, -0.2) is 9.98 Å². The Hall–Kier alpha value is -4.52. The summed E-state index contributed by atoms with van der Waals surface area (Å²) >= 11 is 12.9. The number of imidazole rings is 1. The van der Waals surface area contributed by atoms with Crippen molar-refractivity contribution >= 4 is 40.8 Å². The standard InChI is InChI=1S/C34H37Cl2N7O2/c1-4-23(2)31(41-32(44)16-28-18-39-22-43(28)19-25-10-8-24(17-37)9-11-25)21-42(20-26-6-5-7-30(35)33(26)36)34(38)40-27-12-14-29(45-3)15-13-27/h5-15,18,22-23,31H,4,16,19-21H2,1-3H3,(H2,38,40)(H,41,44)/t23-,31+/m0/s1. The number of methoxy groups -OCH3 is 1. The lowest BCUT2D eigenvalue weighted by molar-refractivity contribution is -0.121. The summed E-state index contributed by atoms with van der Waals surface area (Å²) in [6.45, 7) is 5.45. The summed E-state index contributed by atoms with van der Waals surface area (Å²) in [4.78, 5) is 24.3. The van der Waals surface area contributed by atoms with Crippen molar-refractivity contribution in [3.8, 4) is 11.8 Å². The van der Waals surface area contributed by atoms with Crippen LogP contribution in [-0.4, -0.2) is 46.0 Å². The minimum atomic E-state index is -0.250. The van der Waals surface area contributed by atoms with Crippen molar-refractivity contribution in [1.29, 1.82) is 5.26 Å². The van der Waals surface area contributed by atoms with E-state index in [0.717, 1.165) is 23.2 Å². The molecule has 1 aromatic heterocycles. The van der Waals surface area contributed by atoms with Gasteiger partial charge in [0.15, 0.2) is 5.96 Å². The minimum absolute atomic E-state index is 0.128. The third-order valence-electron chi connectivity index (χ3n) is 7.70. The summed E-state index contributed by atoms with van der Waals surface area (Å²) in [5.74, 6) is 0.990. The number of carbonyl (C=O) groups is 1. The number of guanidine groups is 1. The van der Waals surface area contributed by atoms with Crippen LogP contribution in [0.3, 0.4) is 0 Å². The van der Waals surface area contributed by atoms with E-state index < -0.39 is 0 Å². The summed E-state index contributed by atoms with van der Waals surface area (Å²) in [7, 11) is 1.61. The monoisotopic (exact) mass is 645 g/mol. The molecule has 4 aromatic rings. The van der Waals surface area contributed by atoms with Crippen LogP contribution in [0.2, 0.25) is 10.0 Å². The van der Waals surface area contributed by atoms with E-state index in [1.165, 1.54) is 0 Å². The topological polar surface area (TPSA) is 122 Å². The fourth-order valence-corrected chi connectivity index (χ4v) is 5.19. The maximum atomic E-state index is 13.5. The van der Waals surface area contributed by atoms with E-state index in [-0.39, 0.29) is 30.2 Å². The molecule has 0 aliphatic carbocycles. The van der Waals surface area contributed by atoms with Gasteiger partial charge in [0, 0.05) is 37.6 Å². The van der Waals surface area contributed by atoms with Gasteiger partial charge in [-0.05, 0) is 59.5 Å². The van der Waals surface area contributed by atoms with Crippen molar-refractivity contribution in [3.63, 3.8) is 0 Å². The van der Waals surface area contributed by atoms with Gasteiger partial charge in [0.05, 0.1) is 47.2 Å². The maximum absolute atomic E-state index is 13.5. The number of aliphatic imine (C=N–C) groups is 1. The minimum Gasteiger partial charge on any atom is -0.497 e. The molecule has 11 heteroatoms. The van der Waals surface area contributed by atoms with Crippen molar-refractivity contribution in [2.45, 2.75) is 45.8 Å². The van der Waals surface area contributed by atoms with Gasteiger partial charge < -0.3 is 25.3 Å². The predicted octanol–water partition coefficient (Wildman–Crippen LogP) is 6.34. The second-order valence-electron chi connectivity index (χ2n) is 10.8. The summed E-state index contributed by atoms with van der Waals surface area (Å²) < 4.78 is 7.20. The number of halogens is 2. The molecule has 0 fully saturated rings. The molecule has 0 aliphatic rings. The number of benzene rings is 3. The number of nitrogens with one attached hydrogen (secondary N) is 1. The molecule has 0 unspecified atom stereocenters. The molecule has 1 amide bonds. The van der Waals surface area contributed by atoms with Crippen LogP contribution in [0.5, 0.6) is 5.75 Å². The van der Waals surface area contributed by atoms with Crippen LogP contribution in [0.1, 0.15) is 42.7 Å². The molecule has 45 heavy (non-hydrogen) atoms. The van der Waals surface area contributed by atoms with Gasteiger partial charge in [-0.3, -0.25) is 4.79 Å². The number of amides is 1. The van der Waals surface area contributed by atoms with Crippen molar-refractivity contribution in [3.05, 3.63) is 112 Å². The van der Waals surface area contributed by atoms with Crippen LogP contribution in [-0.2, 0) is 24.3 Å². The first kappa shape index (κ1) is 33.4. The van der Waals surface area contributed by atoms with Crippen molar-refractivity contribution in [2.75, 3.05) is 13.7 Å². The fraction of sp³-hybridized carbons (Fsp3) is 0.294. The summed E-state index contributed by atoms with van der Waals surface area (Å²) in [5, 5.41) is 13.2. The Kier molecular flexibility index (Phi) is 11.9. The molecule has 234 valence electrons. The van der Waals surface area contributed by atoms with Gasteiger partial charge in [0.25, 0.3) is 0 Å². The third kappa shape index (κ3) is 9.24. The SMILES string of the molecule is CC[C@H](C)[C@@H](CN(Cc1cccc(Cl)c1Cl)C(N)=Nc1ccc(OC)cc1)NC(=O)Cc1cncn1Cc1ccc(C#N)cc1. The maximum Gasteiger partial charge on any atom is 0.226 e. The molecule has 0 bridgehead atoms. The lowest BCUT2D eigenvalue weighted by atomic mass is 9.98. The van der Waals surface area contributed by atoms with Gasteiger partial charge in [0.1, 0.15) is 5.75 Å². The Labute approximate surface area is 274 Å². The fourth-order valence-electron chi connectivity index (χ4n) is 4.81. The molecule has 0 radical (unpaired) electrons. The first-order chi connectivity index (χ1) is 21.7. The second-order valence-corrected chi connectivity index (χ2v) is 11.6. The summed E-state index contributed by atoms with van der Waals surface area (Å²) in [6, 6.07) is 22.0. The van der Waals surface area contributed by atoms with Gasteiger partial charge in [0.2, 0.25) is 5.91 Å². The number of nitrogens with zero attached hydrogens (tertiary/aromatic N) is 5. The number of hydrogen-bond acceptors (Lipinski definition) is 5. The highest BCUT2D eigenvalue weighted by Gasteiger charge is 2.24. The molecular weight excluding hydrogens is 609 g/mol. The van der Waals surface area contributed by atoms with Crippen LogP contribution in [0.15, 0.2) is 84.2 Å². The summed E-state index contributed by atoms with van der Waals surface area (Å²) in [6.07, 6.45) is 4.40. The highest BCUT2D eigenvalue weighted by Crippen LogP contribution is 2.27. The Balaban J connectivity index is 1.54. The van der Waals surface area contributed by atoms with Crippen molar-refractivity contribution < 1.29 is 9.53 Å². The molecule has 0 saturated carbocycles. The number of carbonyl (C=O) groups excluding carboxylic acids is 1. The number of ether oxygens (including phenoxy) is 1. The lowest BCUT2D eigenvalue weighted by Gasteiger charge is -2.32. The number of hydrogen-bond donors (Lipinski definition) is 2. The lowest BCUT2D eigenvalue weighted by Crippen LogP contribution is -2.50. The van der Waals surface area contributed by atoms with Crippen LogP contribution in [0, 0.1) is 17.2 Å². The van der Waals surface area contributed by atoms with Crippen LogP contribution >= 0.6 is 23.2 Å². The van der Waals surface area contributed by atoms with Gasteiger partial charge >= 0.3 is 0 Å². The molecule has 0 aliphatic heterocycles. The van der Waals surface area contributed by atoms with Crippen LogP contribution in [0.4, 0.5) is 5.69 Å². The molecule has 3 aromatic carbocycles. The first-order valence-electron chi connectivity index (χ1n) is 14.6. The molecule has 0 saturated heterocycles. The van der Waals surface area contributed by atoms with Crippen molar-refractivity contribution in [1.82, 2.24) is 19.8 Å². The molecule has 0 spiro atoms. The van der Waals surface area contributed by atoms with E-state index in [2.05, 4.69) is 35.2 Å². The Morgan fingerprint density at radius 2 is 1.89 bits per heavy atom. The molecular formula is C34H37Cl2N7O2. The van der Waals surface area contributed by atoms with E-state index in [4.69, 9.17) is 38.9 Å². The van der Waals surface area contributed by atoms with E-state index >= 15 is 0 Å². The third-order valence-corrected chi connectivity index (χ3v) is 8.56. The van der Waals surface area contributed by atoms with Gasteiger partial charge in [-0.1, -0.05) is 67.7 Å². The zero-order chi connectivity index (χ0) is 32.3. The number of nitrogens with two attached hydrogens (primary N) is 1. The van der Waals surface area contributed by atoms with Crippen molar-refractivity contribution in [2.24, 2.45) is 16.6 Å². The van der Waals surface area contributed by atoms with Gasteiger partial charge in [-0.15, -0.1) is 0 Å². The molecule has 1 heterocycles.